The quantitative estimate of drug-likeness (QED) is 0.351. The summed E-state index contributed by atoms with van der Waals surface area (Å²) in [5.41, 5.74) is 4.98. The Hall–Kier alpha value is -3.43. The number of hydrogen-bond donors (Lipinski definition) is 1. The summed E-state index contributed by atoms with van der Waals surface area (Å²) < 4.78 is 2.90. The highest BCUT2D eigenvalue weighted by atomic mass is 79.9. The normalized spacial score (nSPS) is 11.8. The van der Waals surface area contributed by atoms with Crippen molar-refractivity contribution in [2.45, 2.75) is 26.4 Å². The number of nitrogens with one attached hydrogen (secondary N) is 1. The Labute approximate surface area is 189 Å². The predicted molar refractivity (Wildman–Crippen MR) is 126 cm³/mol. The molecule has 1 heterocycles. The standard InChI is InChI=1S/C25H21BrN4O/c1-16(18-8-11-21(26)12-9-18)28-25(31)19-10-13-24-22(14-19)17(2)29-30(24)15-20-6-4-5-7-23(20)27-3/h4-14,16H,15H2,1-2H3,(H,28,31)/t16-/m0/s1. The van der Waals surface area contributed by atoms with Gasteiger partial charge in [0.2, 0.25) is 0 Å². The van der Waals surface area contributed by atoms with Crippen molar-refractivity contribution in [3.05, 3.63) is 105 Å². The molecule has 5 nitrogen and oxygen atoms in total. The number of amides is 1. The third-order valence-electron chi connectivity index (χ3n) is 5.35. The fourth-order valence-electron chi connectivity index (χ4n) is 3.63. The molecule has 6 heteroatoms. The lowest BCUT2D eigenvalue weighted by Gasteiger charge is -2.14. The van der Waals surface area contributed by atoms with E-state index >= 15 is 0 Å². The number of benzene rings is 3. The highest BCUT2D eigenvalue weighted by Gasteiger charge is 2.15. The maximum Gasteiger partial charge on any atom is 0.251 e. The Morgan fingerprint density at radius 3 is 2.65 bits per heavy atom. The van der Waals surface area contributed by atoms with Crippen molar-refractivity contribution < 1.29 is 4.79 Å². The van der Waals surface area contributed by atoms with E-state index in [9.17, 15) is 4.79 Å². The molecule has 0 aliphatic heterocycles. The van der Waals surface area contributed by atoms with Crippen LogP contribution < -0.4 is 5.32 Å². The molecule has 0 bridgehead atoms. The van der Waals surface area contributed by atoms with E-state index < -0.39 is 0 Å². The van der Waals surface area contributed by atoms with Crippen LogP contribution in [0.15, 0.2) is 71.2 Å². The van der Waals surface area contributed by atoms with Crippen molar-refractivity contribution in [2.75, 3.05) is 0 Å². The summed E-state index contributed by atoms with van der Waals surface area (Å²) in [7, 11) is 0. The van der Waals surface area contributed by atoms with Crippen LogP contribution in [-0.2, 0) is 6.54 Å². The number of carbonyl (C=O) groups is 1. The molecule has 31 heavy (non-hydrogen) atoms. The van der Waals surface area contributed by atoms with Gasteiger partial charge >= 0.3 is 0 Å². The van der Waals surface area contributed by atoms with Gasteiger partial charge in [-0.3, -0.25) is 9.48 Å². The van der Waals surface area contributed by atoms with Crippen molar-refractivity contribution in [1.29, 1.82) is 0 Å². The van der Waals surface area contributed by atoms with E-state index in [4.69, 9.17) is 6.57 Å². The fraction of sp³-hybridized carbons (Fsp3) is 0.160. The minimum Gasteiger partial charge on any atom is -0.346 e. The van der Waals surface area contributed by atoms with E-state index in [0.29, 0.717) is 17.8 Å². The molecule has 1 N–H and O–H groups in total. The maximum atomic E-state index is 12.9. The molecular formula is C25H21BrN4O. The molecule has 4 rings (SSSR count). The van der Waals surface area contributed by atoms with Gasteiger partial charge < -0.3 is 5.32 Å². The van der Waals surface area contributed by atoms with E-state index in [-0.39, 0.29) is 11.9 Å². The van der Waals surface area contributed by atoms with Crippen molar-refractivity contribution in [3.8, 4) is 0 Å². The van der Waals surface area contributed by atoms with Crippen LogP contribution in [0, 0.1) is 13.5 Å². The number of hydrogen-bond acceptors (Lipinski definition) is 2. The SMILES string of the molecule is [C-]#[N+]c1ccccc1Cn1nc(C)c2cc(C(=O)N[C@@H](C)c3ccc(Br)cc3)ccc21. The second-order valence-corrected chi connectivity index (χ2v) is 8.38. The number of aromatic nitrogens is 2. The number of halogens is 1. The smallest absolute Gasteiger partial charge is 0.251 e. The highest BCUT2D eigenvalue weighted by molar-refractivity contribution is 9.10. The number of fused-ring (bicyclic) bond motifs is 1. The van der Waals surface area contributed by atoms with Crippen LogP contribution in [0.3, 0.4) is 0 Å². The maximum absolute atomic E-state index is 12.9. The van der Waals surface area contributed by atoms with Gasteiger partial charge in [0.15, 0.2) is 5.69 Å². The monoisotopic (exact) mass is 472 g/mol. The lowest BCUT2D eigenvalue weighted by Crippen LogP contribution is -2.26. The molecule has 0 saturated heterocycles. The van der Waals surface area contributed by atoms with Crippen molar-refractivity contribution >= 4 is 38.4 Å². The molecule has 0 aliphatic rings. The molecule has 1 atom stereocenters. The first-order chi connectivity index (χ1) is 15.0. The molecule has 3 aromatic carbocycles. The Kier molecular flexibility index (Phi) is 5.88. The van der Waals surface area contributed by atoms with Gasteiger partial charge in [0.25, 0.3) is 5.91 Å². The second kappa shape index (κ2) is 8.75. The number of para-hydroxylation sites is 1. The van der Waals surface area contributed by atoms with Crippen LogP contribution in [0.1, 0.15) is 40.1 Å². The number of nitrogens with zero attached hydrogens (tertiary/aromatic N) is 3. The van der Waals surface area contributed by atoms with Gasteiger partial charge in [-0.25, -0.2) is 4.85 Å². The summed E-state index contributed by atoms with van der Waals surface area (Å²) in [5, 5.41) is 8.65. The van der Waals surface area contributed by atoms with E-state index in [1.807, 2.05) is 85.3 Å². The average molecular weight is 473 g/mol. The molecule has 0 aliphatic carbocycles. The Bertz CT molecular complexity index is 1300. The molecule has 4 aromatic rings. The molecule has 154 valence electrons. The van der Waals surface area contributed by atoms with Crippen molar-refractivity contribution in [1.82, 2.24) is 15.1 Å². The van der Waals surface area contributed by atoms with Crippen LogP contribution in [0.25, 0.3) is 15.7 Å². The van der Waals surface area contributed by atoms with Gasteiger partial charge in [-0.1, -0.05) is 52.3 Å². The summed E-state index contributed by atoms with van der Waals surface area (Å²) >= 11 is 3.43. The summed E-state index contributed by atoms with van der Waals surface area (Å²) in [6, 6.07) is 21.0. The second-order valence-electron chi connectivity index (χ2n) is 7.46. The van der Waals surface area contributed by atoms with Crippen molar-refractivity contribution in [2.24, 2.45) is 0 Å². The Morgan fingerprint density at radius 1 is 1.16 bits per heavy atom. The first-order valence-electron chi connectivity index (χ1n) is 9.95. The van der Waals surface area contributed by atoms with Crippen LogP contribution >= 0.6 is 15.9 Å². The summed E-state index contributed by atoms with van der Waals surface area (Å²) in [6.07, 6.45) is 0. The van der Waals surface area contributed by atoms with E-state index in [2.05, 4.69) is 31.2 Å². The van der Waals surface area contributed by atoms with Crippen LogP contribution in [-0.4, -0.2) is 15.7 Å². The van der Waals surface area contributed by atoms with Crippen molar-refractivity contribution in [3.63, 3.8) is 0 Å². The van der Waals surface area contributed by atoms with Crippen LogP contribution in [0.4, 0.5) is 5.69 Å². The van der Waals surface area contributed by atoms with E-state index in [1.54, 1.807) is 0 Å². The van der Waals surface area contributed by atoms with Gasteiger partial charge in [-0.2, -0.15) is 5.10 Å². The Balaban J connectivity index is 1.58. The molecule has 1 amide bonds. The fourth-order valence-corrected chi connectivity index (χ4v) is 3.90. The molecule has 0 fully saturated rings. The highest BCUT2D eigenvalue weighted by Crippen LogP contribution is 2.25. The average Bonchev–Trinajstić information content (AvgIpc) is 3.09. The Morgan fingerprint density at radius 2 is 1.90 bits per heavy atom. The van der Waals surface area contributed by atoms with Crippen LogP contribution in [0.5, 0.6) is 0 Å². The topological polar surface area (TPSA) is 51.3 Å². The molecular weight excluding hydrogens is 452 g/mol. The summed E-state index contributed by atoms with van der Waals surface area (Å²) in [4.78, 5) is 16.5. The minimum absolute atomic E-state index is 0.106. The first kappa shape index (κ1) is 20.8. The molecule has 1 aromatic heterocycles. The largest absolute Gasteiger partial charge is 0.346 e. The molecule has 0 saturated carbocycles. The van der Waals surface area contributed by atoms with Crippen LogP contribution in [0.2, 0.25) is 0 Å². The number of aryl methyl sites for hydroxylation is 1. The minimum atomic E-state index is -0.122. The zero-order valence-corrected chi connectivity index (χ0v) is 18.8. The third-order valence-corrected chi connectivity index (χ3v) is 5.88. The van der Waals surface area contributed by atoms with Gasteiger partial charge in [-0.15, -0.1) is 0 Å². The molecule has 0 radical (unpaired) electrons. The predicted octanol–water partition coefficient (Wildman–Crippen LogP) is 6.20. The molecule has 0 unspecified atom stereocenters. The molecule has 0 spiro atoms. The lowest BCUT2D eigenvalue weighted by atomic mass is 10.1. The summed E-state index contributed by atoms with van der Waals surface area (Å²) in [5.74, 6) is -0.122. The first-order valence-corrected chi connectivity index (χ1v) is 10.7. The van der Waals surface area contributed by atoms with E-state index in [1.165, 1.54) is 0 Å². The number of rotatable bonds is 5. The summed E-state index contributed by atoms with van der Waals surface area (Å²) in [6.45, 7) is 11.8. The number of carbonyl (C=O) groups excluding carboxylic acids is 1. The van der Waals surface area contributed by atoms with E-state index in [0.717, 1.165) is 32.2 Å². The zero-order chi connectivity index (χ0) is 22.0. The van der Waals surface area contributed by atoms with Gasteiger partial charge in [-0.05, 0) is 55.3 Å². The van der Waals surface area contributed by atoms with Gasteiger partial charge in [0.1, 0.15) is 0 Å². The van der Waals surface area contributed by atoms with Gasteiger partial charge in [0, 0.05) is 15.4 Å². The lowest BCUT2D eigenvalue weighted by molar-refractivity contribution is 0.0940. The zero-order valence-electron chi connectivity index (χ0n) is 17.3. The third kappa shape index (κ3) is 4.37. The van der Waals surface area contributed by atoms with Gasteiger partial charge in [0.05, 0.1) is 30.4 Å².